The molecule has 1 heterocycles. The van der Waals surface area contributed by atoms with Crippen molar-refractivity contribution in [2.75, 3.05) is 13.6 Å². The van der Waals surface area contributed by atoms with Gasteiger partial charge in [-0.2, -0.15) is 0 Å². The van der Waals surface area contributed by atoms with E-state index in [2.05, 4.69) is 4.98 Å². The second kappa shape index (κ2) is 5.29. The van der Waals surface area contributed by atoms with E-state index in [1.165, 1.54) is 11.2 Å². The van der Waals surface area contributed by atoms with Crippen molar-refractivity contribution in [2.45, 2.75) is 19.8 Å². The molecular weight excluding hydrogens is 212 g/mol. The van der Waals surface area contributed by atoms with Gasteiger partial charge in [-0.25, -0.2) is 4.98 Å². The highest BCUT2D eigenvalue weighted by Crippen LogP contribution is 2.03. The van der Waals surface area contributed by atoms with E-state index < -0.39 is 5.97 Å². The van der Waals surface area contributed by atoms with Gasteiger partial charge in [0.15, 0.2) is 5.89 Å². The Hall–Kier alpha value is -1.85. The zero-order chi connectivity index (χ0) is 12.1. The van der Waals surface area contributed by atoms with Crippen LogP contribution in [-0.4, -0.2) is 40.5 Å². The molecule has 0 saturated heterocycles. The van der Waals surface area contributed by atoms with Gasteiger partial charge in [0.2, 0.25) is 5.91 Å². The first kappa shape index (κ1) is 12.2. The molecule has 88 valence electrons. The molecule has 1 N–H and O–H groups in total. The summed E-state index contributed by atoms with van der Waals surface area (Å²) >= 11 is 0. The van der Waals surface area contributed by atoms with Gasteiger partial charge in [-0.05, 0) is 0 Å². The molecule has 0 radical (unpaired) electrons. The van der Waals surface area contributed by atoms with Crippen LogP contribution in [0.2, 0.25) is 0 Å². The summed E-state index contributed by atoms with van der Waals surface area (Å²) in [5, 5.41) is 8.47. The average Bonchev–Trinajstić information content (AvgIpc) is 2.60. The first-order valence-corrected chi connectivity index (χ1v) is 4.86. The van der Waals surface area contributed by atoms with Gasteiger partial charge in [0.25, 0.3) is 0 Å². The van der Waals surface area contributed by atoms with Crippen LogP contribution in [0.1, 0.15) is 18.0 Å². The summed E-state index contributed by atoms with van der Waals surface area (Å²) in [6.07, 6.45) is 1.51. The first-order chi connectivity index (χ1) is 7.49. The Morgan fingerprint density at radius 2 is 2.25 bits per heavy atom. The molecule has 1 amide bonds. The standard InChI is InChI=1S/C10H14N2O4/c1-7-11-8(6-16-7)5-9(13)12(2)4-3-10(14)15/h6H,3-5H2,1-2H3,(H,14,15). The fraction of sp³-hybridized carbons (Fsp3) is 0.500. The number of aryl methyl sites for hydroxylation is 1. The molecule has 16 heavy (non-hydrogen) atoms. The zero-order valence-corrected chi connectivity index (χ0v) is 9.27. The lowest BCUT2D eigenvalue weighted by atomic mass is 10.3. The number of carbonyl (C=O) groups is 2. The summed E-state index contributed by atoms with van der Waals surface area (Å²) in [5.74, 6) is -0.581. The number of nitrogens with zero attached hydrogens (tertiary/aromatic N) is 2. The predicted molar refractivity (Wildman–Crippen MR) is 54.8 cm³/mol. The normalized spacial score (nSPS) is 10.1. The zero-order valence-electron chi connectivity index (χ0n) is 9.27. The molecule has 6 nitrogen and oxygen atoms in total. The van der Waals surface area contributed by atoms with Gasteiger partial charge in [-0.3, -0.25) is 9.59 Å². The van der Waals surface area contributed by atoms with Gasteiger partial charge in [0.1, 0.15) is 6.26 Å². The quantitative estimate of drug-likeness (QED) is 0.788. The van der Waals surface area contributed by atoms with E-state index in [4.69, 9.17) is 9.52 Å². The molecule has 0 fully saturated rings. The van der Waals surface area contributed by atoms with Crippen LogP contribution in [0, 0.1) is 6.92 Å². The summed E-state index contributed by atoms with van der Waals surface area (Å²) in [6, 6.07) is 0. The number of hydrogen-bond donors (Lipinski definition) is 1. The summed E-state index contributed by atoms with van der Waals surface area (Å²) < 4.78 is 4.97. The third-order valence-corrected chi connectivity index (χ3v) is 2.09. The maximum atomic E-state index is 11.6. The van der Waals surface area contributed by atoms with Gasteiger partial charge in [0, 0.05) is 20.5 Å². The number of aromatic nitrogens is 1. The highest BCUT2D eigenvalue weighted by atomic mass is 16.4. The van der Waals surface area contributed by atoms with Crippen molar-refractivity contribution in [1.29, 1.82) is 0 Å². The minimum atomic E-state index is -0.920. The Balaban J connectivity index is 2.42. The molecule has 0 saturated carbocycles. The largest absolute Gasteiger partial charge is 0.481 e. The molecule has 1 aromatic rings. The van der Waals surface area contributed by atoms with Crippen molar-refractivity contribution in [3.63, 3.8) is 0 Å². The minimum Gasteiger partial charge on any atom is -0.481 e. The van der Waals surface area contributed by atoms with Crippen LogP contribution < -0.4 is 0 Å². The summed E-state index contributed by atoms with van der Waals surface area (Å²) in [5.41, 5.74) is 0.560. The van der Waals surface area contributed by atoms with Crippen molar-refractivity contribution in [3.8, 4) is 0 Å². The molecule has 0 atom stereocenters. The van der Waals surface area contributed by atoms with Gasteiger partial charge in [-0.1, -0.05) is 0 Å². The van der Waals surface area contributed by atoms with Gasteiger partial charge < -0.3 is 14.4 Å². The second-order valence-corrected chi connectivity index (χ2v) is 3.49. The highest BCUT2D eigenvalue weighted by Gasteiger charge is 2.12. The van der Waals surface area contributed by atoms with Crippen molar-refractivity contribution >= 4 is 11.9 Å². The molecule has 0 aromatic carbocycles. The van der Waals surface area contributed by atoms with Crippen molar-refractivity contribution in [3.05, 3.63) is 17.8 Å². The summed E-state index contributed by atoms with van der Waals surface area (Å²) in [7, 11) is 1.57. The topological polar surface area (TPSA) is 83.6 Å². The Bertz CT molecular complexity index is 386. The SMILES string of the molecule is Cc1nc(CC(=O)N(C)CCC(=O)O)co1. The van der Waals surface area contributed by atoms with E-state index in [0.29, 0.717) is 11.6 Å². The molecule has 0 bridgehead atoms. The van der Waals surface area contributed by atoms with E-state index in [0.717, 1.165) is 0 Å². The van der Waals surface area contributed by atoms with Crippen molar-refractivity contribution in [1.82, 2.24) is 9.88 Å². The number of carbonyl (C=O) groups excluding carboxylic acids is 1. The van der Waals surface area contributed by atoms with E-state index in [1.54, 1.807) is 14.0 Å². The third-order valence-electron chi connectivity index (χ3n) is 2.09. The minimum absolute atomic E-state index is 0.0555. The van der Waals surface area contributed by atoms with Crippen LogP contribution in [0.3, 0.4) is 0 Å². The second-order valence-electron chi connectivity index (χ2n) is 3.49. The molecule has 0 spiro atoms. The molecule has 1 rings (SSSR count). The maximum Gasteiger partial charge on any atom is 0.305 e. The fourth-order valence-electron chi connectivity index (χ4n) is 1.17. The lowest BCUT2D eigenvalue weighted by Crippen LogP contribution is -2.30. The van der Waals surface area contributed by atoms with E-state index in [-0.39, 0.29) is 25.3 Å². The Labute approximate surface area is 92.9 Å². The Morgan fingerprint density at radius 3 is 2.75 bits per heavy atom. The molecule has 0 aliphatic rings. The van der Waals surface area contributed by atoms with Gasteiger partial charge in [-0.15, -0.1) is 0 Å². The summed E-state index contributed by atoms with van der Waals surface area (Å²) in [4.78, 5) is 27.3. The maximum absolute atomic E-state index is 11.6. The molecule has 0 aliphatic heterocycles. The predicted octanol–water partition coefficient (Wildman–Crippen LogP) is 0.459. The van der Waals surface area contributed by atoms with Crippen molar-refractivity contribution < 1.29 is 19.1 Å². The molecule has 6 heteroatoms. The van der Waals surface area contributed by atoms with Gasteiger partial charge >= 0.3 is 5.97 Å². The van der Waals surface area contributed by atoms with E-state index >= 15 is 0 Å². The monoisotopic (exact) mass is 226 g/mol. The van der Waals surface area contributed by atoms with Crippen LogP contribution in [0.25, 0.3) is 0 Å². The number of hydrogen-bond acceptors (Lipinski definition) is 4. The van der Waals surface area contributed by atoms with Gasteiger partial charge in [0.05, 0.1) is 18.5 Å². The Kier molecular flexibility index (Phi) is 4.04. The molecular formula is C10H14N2O4. The average molecular weight is 226 g/mol. The van der Waals surface area contributed by atoms with E-state index in [9.17, 15) is 9.59 Å². The lowest BCUT2D eigenvalue weighted by Gasteiger charge is -2.14. The number of likely N-dealkylation sites (N-methyl/N-ethyl adjacent to an activating group) is 1. The number of amides is 1. The van der Waals surface area contributed by atoms with Crippen LogP contribution in [0.4, 0.5) is 0 Å². The molecule has 0 unspecified atom stereocenters. The smallest absolute Gasteiger partial charge is 0.305 e. The highest BCUT2D eigenvalue weighted by molar-refractivity contribution is 5.78. The number of rotatable bonds is 5. The Morgan fingerprint density at radius 1 is 1.56 bits per heavy atom. The van der Waals surface area contributed by atoms with E-state index in [1.807, 2.05) is 0 Å². The third kappa shape index (κ3) is 3.72. The van der Waals surface area contributed by atoms with Crippen LogP contribution in [-0.2, 0) is 16.0 Å². The first-order valence-electron chi connectivity index (χ1n) is 4.86. The number of oxazole rings is 1. The lowest BCUT2D eigenvalue weighted by molar-refractivity contribution is -0.138. The number of aliphatic carboxylic acids is 1. The van der Waals surface area contributed by atoms with Crippen LogP contribution >= 0.6 is 0 Å². The molecule has 1 aromatic heterocycles. The summed E-state index contributed by atoms with van der Waals surface area (Å²) in [6.45, 7) is 1.90. The van der Waals surface area contributed by atoms with Crippen molar-refractivity contribution in [2.24, 2.45) is 0 Å². The number of carboxylic acids is 1. The van der Waals surface area contributed by atoms with Crippen LogP contribution in [0.5, 0.6) is 0 Å². The van der Waals surface area contributed by atoms with Crippen LogP contribution in [0.15, 0.2) is 10.7 Å². The fourth-order valence-corrected chi connectivity index (χ4v) is 1.17. The molecule has 0 aliphatic carbocycles. The number of carboxylic acid groups (broad SMARTS) is 1.